The van der Waals surface area contributed by atoms with E-state index in [1.54, 1.807) is 6.92 Å². The second-order valence-electron chi connectivity index (χ2n) is 3.79. The fourth-order valence-electron chi connectivity index (χ4n) is 1.57. The van der Waals surface area contributed by atoms with E-state index in [9.17, 15) is 9.90 Å². The van der Waals surface area contributed by atoms with Crippen molar-refractivity contribution in [1.29, 1.82) is 0 Å². The minimum atomic E-state index is -0.745. The zero-order chi connectivity index (χ0) is 12.8. The summed E-state index contributed by atoms with van der Waals surface area (Å²) in [5, 5.41) is 17.4. The van der Waals surface area contributed by atoms with Gasteiger partial charge in [-0.05, 0) is 12.5 Å². The van der Waals surface area contributed by atoms with Gasteiger partial charge in [-0.1, -0.05) is 32.0 Å². The van der Waals surface area contributed by atoms with Gasteiger partial charge < -0.3 is 14.9 Å². The fraction of sp³-hybridized carbons (Fsp3) is 0.462. The highest BCUT2D eigenvalue weighted by Gasteiger charge is 2.30. The first kappa shape index (κ1) is 13.5. The maximum atomic E-state index is 9.72. The number of hydrogen-bond donors (Lipinski definition) is 2. The van der Waals surface area contributed by atoms with Crippen molar-refractivity contribution in [2.75, 3.05) is 0 Å². The van der Waals surface area contributed by atoms with Crippen LogP contribution in [-0.2, 0) is 4.79 Å². The molecule has 94 valence electrons. The van der Waals surface area contributed by atoms with Gasteiger partial charge in [-0.15, -0.1) is 0 Å². The zero-order valence-corrected chi connectivity index (χ0v) is 10.1. The van der Waals surface area contributed by atoms with Gasteiger partial charge in [-0.25, -0.2) is 0 Å². The first-order valence-electron chi connectivity index (χ1n) is 5.75. The van der Waals surface area contributed by atoms with E-state index in [2.05, 4.69) is 0 Å². The van der Waals surface area contributed by atoms with Crippen LogP contribution < -0.4 is 4.74 Å². The molecule has 0 fully saturated rings. The van der Waals surface area contributed by atoms with Crippen LogP contribution in [0.3, 0.4) is 0 Å². The first-order chi connectivity index (χ1) is 8.10. The summed E-state index contributed by atoms with van der Waals surface area (Å²) in [6.45, 7) is 3.61. The van der Waals surface area contributed by atoms with Crippen molar-refractivity contribution in [1.82, 2.24) is 0 Å². The smallest absolute Gasteiger partial charge is 0.303 e. The predicted octanol–water partition coefficient (Wildman–Crippen LogP) is 2.37. The molecule has 2 rings (SSSR count). The van der Waals surface area contributed by atoms with Crippen LogP contribution in [-0.4, -0.2) is 22.3 Å². The molecule has 0 amide bonds. The van der Waals surface area contributed by atoms with Crippen LogP contribution in [0.2, 0.25) is 0 Å². The number of carboxylic acids is 1. The maximum Gasteiger partial charge on any atom is 0.303 e. The van der Waals surface area contributed by atoms with Crippen LogP contribution in [0.4, 0.5) is 0 Å². The normalized spacial score (nSPS) is 20.9. The molecule has 0 saturated heterocycles. The third-order valence-electron chi connectivity index (χ3n) is 2.57. The average Bonchev–Trinajstić information content (AvgIpc) is 2.67. The van der Waals surface area contributed by atoms with Crippen molar-refractivity contribution in [3.63, 3.8) is 0 Å². The van der Waals surface area contributed by atoms with E-state index in [-0.39, 0.29) is 12.5 Å². The molecule has 17 heavy (non-hydrogen) atoms. The molecule has 2 atom stereocenters. The molecular formula is C13H18O4. The quantitative estimate of drug-likeness (QED) is 0.830. The van der Waals surface area contributed by atoms with E-state index in [4.69, 9.17) is 9.84 Å². The van der Waals surface area contributed by atoms with E-state index in [0.717, 1.165) is 17.7 Å². The Morgan fingerprint density at radius 2 is 1.94 bits per heavy atom. The van der Waals surface area contributed by atoms with Gasteiger partial charge in [0.1, 0.15) is 18.0 Å². The van der Waals surface area contributed by atoms with E-state index >= 15 is 0 Å². The Morgan fingerprint density at radius 3 is 2.41 bits per heavy atom. The molecule has 1 aliphatic heterocycles. The molecule has 2 unspecified atom stereocenters. The topological polar surface area (TPSA) is 66.8 Å². The highest BCUT2D eigenvalue weighted by Crippen LogP contribution is 2.37. The third kappa shape index (κ3) is 3.46. The minimum Gasteiger partial charge on any atom is -0.487 e. The summed E-state index contributed by atoms with van der Waals surface area (Å²) < 4.78 is 5.52. The van der Waals surface area contributed by atoms with E-state index in [0.29, 0.717) is 0 Å². The Kier molecular flexibility index (Phi) is 4.97. The Bertz CT molecular complexity index is 375. The molecule has 1 aliphatic rings. The van der Waals surface area contributed by atoms with Gasteiger partial charge in [-0.2, -0.15) is 0 Å². The lowest BCUT2D eigenvalue weighted by atomic mass is 10.1. The Labute approximate surface area is 101 Å². The number of carbonyl (C=O) groups is 1. The lowest BCUT2D eigenvalue weighted by Crippen LogP contribution is -2.16. The predicted molar refractivity (Wildman–Crippen MR) is 64.0 cm³/mol. The van der Waals surface area contributed by atoms with Gasteiger partial charge in [0.2, 0.25) is 0 Å². The van der Waals surface area contributed by atoms with Crippen LogP contribution in [0.1, 0.15) is 38.4 Å². The van der Waals surface area contributed by atoms with Gasteiger partial charge in [0.25, 0.3) is 0 Å². The van der Waals surface area contributed by atoms with Gasteiger partial charge in [-0.3, -0.25) is 4.79 Å². The van der Waals surface area contributed by atoms with Crippen LogP contribution in [0, 0.1) is 0 Å². The number of aliphatic hydroxyl groups excluding tert-OH is 1. The number of ether oxygens (including phenoxy) is 1. The van der Waals surface area contributed by atoms with Gasteiger partial charge in [0.15, 0.2) is 0 Å². The van der Waals surface area contributed by atoms with Crippen LogP contribution >= 0.6 is 0 Å². The van der Waals surface area contributed by atoms with Gasteiger partial charge in [0.05, 0.1) is 0 Å². The molecule has 1 heterocycles. The molecule has 0 aromatic heterocycles. The Morgan fingerprint density at radius 1 is 1.35 bits per heavy atom. The molecule has 0 bridgehead atoms. The molecular weight excluding hydrogens is 220 g/mol. The summed E-state index contributed by atoms with van der Waals surface area (Å²) in [6, 6.07) is 7.65. The van der Waals surface area contributed by atoms with Crippen LogP contribution in [0.5, 0.6) is 5.75 Å². The summed E-state index contributed by atoms with van der Waals surface area (Å²) >= 11 is 0. The van der Waals surface area contributed by atoms with Crippen molar-refractivity contribution in [2.45, 2.75) is 38.9 Å². The largest absolute Gasteiger partial charge is 0.487 e. The minimum absolute atomic E-state index is 0.0533. The number of rotatable bonds is 2. The molecule has 0 saturated carbocycles. The monoisotopic (exact) mass is 238 g/mol. The lowest BCUT2D eigenvalue weighted by Gasteiger charge is -2.10. The van der Waals surface area contributed by atoms with Gasteiger partial charge >= 0.3 is 5.97 Å². The third-order valence-corrected chi connectivity index (χ3v) is 2.57. The van der Waals surface area contributed by atoms with E-state index in [1.165, 1.54) is 0 Å². The molecule has 0 spiro atoms. The molecule has 2 N–H and O–H groups in total. The summed E-state index contributed by atoms with van der Waals surface area (Å²) in [5.74, 6) is 0.0850. The number of para-hydroxylation sites is 1. The number of aliphatic carboxylic acids is 1. The summed E-state index contributed by atoms with van der Waals surface area (Å²) in [7, 11) is 0. The van der Waals surface area contributed by atoms with Crippen molar-refractivity contribution in [2.24, 2.45) is 0 Å². The molecule has 1 aromatic carbocycles. The number of benzene rings is 1. The lowest BCUT2D eigenvalue weighted by molar-refractivity contribution is -0.136. The summed E-state index contributed by atoms with van der Waals surface area (Å²) in [4.78, 5) is 9.37. The van der Waals surface area contributed by atoms with E-state index < -0.39 is 12.1 Å². The Balaban J connectivity index is 0.000000249. The van der Waals surface area contributed by atoms with Gasteiger partial charge in [0, 0.05) is 12.0 Å². The molecule has 4 heteroatoms. The van der Waals surface area contributed by atoms with Crippen molar-refractivity contribution in [3.8, 4) is 5.75 Å². The highest BCUT2D eigenvalue weighted by atomic mass is 16.5. The van der Waals surface area contributed by atoms with Crippen molar-refractivity contribution in [3.05, 3.63) is 29.8 Å². The van der Waals surface area contributed by atoms with Crippen LogP contribution in [0.15, 0.2) is 24.3 Å². The number of aliphatic hydroxyl groups is 1. The molecule has 1 aromatic rings. The molecule has 4 nitrogen and oxygen atoms in total. The number of hydrogen-bond acceptors (Lipinski definition) is 3. The molecule has 0 aliphatic carbocycles. The first-order valence-corrected chi connectivity index (χ1v) is 5.75. The van der Waals surface area contributed by atoms with Crippen molar-refractivity contribution >= 4 is 5.97 Å². The Hall–Kier alpha value is -1.55. The van der Waals surface area contributed by atoms with E-state index in [1.807, 2.05) is 31.2 Å². The fourth-order valence-corrected chi connectivity index (χ4v) is 1.57. The SMILES string of the molecule is CCC(=O)O.CCC1Oc2ccccc2C1O. The number of fused-ring (bicyclic) bond motifs is 1. The number of carboxylic acid groups (broad SMARTS) is 1. The van der Waals surface area contributed by atoms with Crippen LogP contribution in [0.25, 0.3) is 0 Å². The molecule has 0 radical (unpaired) electrons. The zero-order valence-electron chi connectivity index (χ0n) is 10.1. The average molecular weight is 238 g/mol. The standard InChI is InChI=1S/C10H12O2.C3H6O2/c1-2-8-10(11)7-5-3-4-6-9(7)12-8;1-2-3(4)5/h3-6,8,10-11H,2H2,1H3;2H2,1H3,(H,4,5). The highest BCUT2D eigenvalue weighted by molar-refractivity contribution is 5.66. The maximum absolute atomic E-state index is 9.72. The van der Waals surface area contributed by atoms with Crippen molar-refractivity contribution < 1.29 is 19.7 Å². The second-order valence-corrected chi connectivity index (χ2v) is 3.79. The summed E-state index contributed by atoms with van der Waals surface area (Å²) in [5.41, 5.74) is 0.921. The summed E-state index contributed by atoms with van der Waals surface area (Å²) in [6.07, 6.45) is 0.573. The second kappa shape index (κ2) is 6.25.